The molecule has 0 bridgehead atoms. The van der Waals surface area contributed by atoms with Gasteiger partial charge in [-0.15, -0.1) is 0 Å². The third kappa shape index (κ3) is 3.31. The van der Waals surface area contributed by atoms with Crippen LogP contribution in [0.3, 0.4) is 0 Å². The SMILES string of the molecule is CCOCOc1cc([N+](=O)[O-])c(CN)cc1OC. The highest BCUT2D eigenvalue weighted by Gasteiger charge is 2.18. The average molecular weight is 256 g/mol. The van der Waals surface area contributed by atoms with Crippen LogP contribution < -0.4 is 15.2 Å². The summed E-state index contributed by atoms with van der Waals surface area (Å²) in [7, 11) is 1.45. The largest absolute Gasteiger partial charge is 0.493 e. The van der Waals surface area contributed by atoms with Crippen molar-refractivity contribution in [1.29, 1.82) is 0 Å². The lowest BCUT2D eigenvalue weighted by Crippen LogP contribution is -2.06. The molecule has 2 N–H and O–H groups in total. The van der Waals surface area contributed by atoms with Crippen LogP contribution in [0.2, 0.25) is 0 Å². The van der Waals surface area contributed by atoms with Gasteiger partial charge in [-0.3, -0.25) is 10.1 Å². The Hall–Kier alpha value is -1.86. The van der Waals surface area contributed by atoms with Gasteiger partial charge in [0.25, 0.3) is 5.69 Å². The van der Waals surface area contributed by atoms with Gasteiger partial charge in [-0.2, -0.15) is 0 Å². The minimum Gasteiger partial charge on any atom is -0.493 e. The molecule has 0 saturated heterocycles. The Morgan fingerprint density at radius 1 is 1.39 bits per heavy atom. The van der Waals surface area contributed by atoms with E-state index in [1.54, 1.807) is 0 Å². The fourth-order valence-corrected chi connectivity index (χ4v) is 1.39. The van der Waals surface area contributed by atoms with Crippen molar-refractivity contribution in [3.8, 4) is 11.5 Å². The maximum Gasteiger partial charge on any atom is 0.277 e. The molecule has 0 aromatic heterocycles. The van der Waals surface area contributed by atoms with Gasteiger partial charge in [0.05, 0.1) is 18.1 Å². The molecule has 0 aliphatic rings. The summed E-state index contributed by atoms with van der Waals surface area (Å²) in [6.45, 7) is 2.37. The smallest absolute Gasteiger partial charge is 0.277 e. The molecular formula is C11H16N2O5. The summed E-state index contributed by atoms with van der Waals surface area (Å²) in [6.07, 6.45) is 0. The first-order chi connectivity index (χ1) is 8.63. The predicted molar refractivity (Wildman–Crippen MR) is 64.7 cm³/mol. The molecule has 1 aromatic rings. The summed E-state index contributed by atoms with van der Waals surface area (Å²) in [4.78, 5) is 10.4. The Morgan fingerprint density at radius 2 is 2.11 bits per heavy atom. The third-order valence-electron chi connectivity index (χ3n) is 2.28. The molecule has 0 aliphatic carbocycles. The molecule has 1 rings (SSSR count). The minimum absolute atomic E-state index is 0.00594. The number of rotatable bonds is 7. The second kappa shape index (κ2) is 6.77. The van der Waals surface area contributed by atoms with E-state index >= 15 is 0 Å². The van der Waals surface area contributed by atoms with Crippen molar-refractivity contribution >= 4 is 5.69 Å². The standard InChI is InChI=1S/C11H16N2O5/c1-3-17-7-18-11-5-9(13(14)15)8(6-12)4-10(11)16-2/h4-5H,3,6-7,12H2,1-2H3. The lowest BCUT2D eigenvalue weighted by atomic mass is 10.1. The zero-order chi connectivity index (χ0) is 13.5. The molecule has 7 nitrogen and oxygen atoms in total. The molecule has 100 valence electrons. The van der Waals surface area contributed by atoms with Gasteiger partial charge >= 0.3 is 0 Å². The van der Waals surface area contributed by atoms with E-state index in [2.05, 4.69) is 0 Å². The summed E-state index contributed by atoms with van der Waals surface area (Å²) in [5, 5.41) is 10.9. The predicted octanol–water partition coefficient (Wildman–Crippen LogP) is 1.43. The van der Waals surface area contributed by atoms with E-state index in [9.17, 15) is 10.1 Å². The number of ether oxygens (including phenoxy) is 3. The zero-order valence-corrected chi connectivity index (χ0v) is 10.3. The molecule has 0 fully saturated rings. The number of nitrogens with zero attached hydrogens (tertiary/aromatic N) is 1. The van der Waals surface area contributed by atoms with Gasteiger partial charge in [0.15, 0.2) is 18.3 Å². The lowest BCUT2D eigenvalue weighted by molar-refractivity contribution is -0.385. The van der Waals surface area contributed by atoms with Crippen LogP contribution in [0, 0.1) is 10.1 Å². The number of nitrogens with two attached hydrogens (primary N) is 1. The van der Waals surface area contributed by atoms with E-state index in [1.165, 1.54) is 19.2 Å². The summed E-state index contributed by atoms with van der Waals surface area (Å²) in [6, 6.07) is 2.79. The third-order valence-corrected chi connectivity index (χ3v) is 2.28. The van der Waals surface area contributed by atoms with Crippen LogP contribution in [0.5, 0.6) is 11.5 Å². The Bertz CT molecular complexity index is 422. The first kappa shape index (κ1) is 14.2. The van der Waals surface area contributed by atoms with Crippen molar-refractivity contribution in [3.63, 3.8) is 0 Å². The van der Waals surface area contributed by atoms with Gasteiger partial charge < -0.3 is 19.9 Å². The second-order valence-corrected chi connectivity index (χ2v) is 3.35. The summed E-state index contributed by atoms with van der Waals surface area (Å²) in [5.41, 5.74) is 5.75. The van der Waals surface area contributed by atoms with Gasteiger partial charge in [-0.25, -0.2) is 0 Å². The number of hydrogen-bond acceptors (Lipinski definition) is 6. The molecule has 0 spiro atoms. The van der Waals surface area contributed by atoms with Crippen molar-refractivity contribution in [1.82, 2.24) is 0 Å². The second-order valence-electron chi connectivity index (χ2n) is 3.35. The van der Waals surface area contributed by atoms with E-state index < -0.39 is 4.92 Å². The first-order valence-electron chi connectivity index (χ1n) is 5.39. The molecule has 18 heavy (non-hydrogen) atoms. The van der Waals surface area contributed by atoms with Crippen LogP contribution in [0.4, 0.5) is 5.69 Å². The molecule has 0 radical (unpaired) electrons. The van der Waals surface area contributed by atoms with Crippen LogP contribution in [0.25, 0.3) is 0 Å². The van der Waals surface area contributed by atoms with Crippen LogP contribution >= 0.6 is 0 Å². The van der Waals surface area contributed by atoms with Gasteiger partial charge in [-0.1, -0.05) is 0 Å². The molecule has 0 amide bonds. The number of methoxy groups -OCH3 is 1. The maximum absolute atomic E-state index is 10.9. The Balaban J connectivity index is 3.07. The van der Waals surface area contributed by atoms with E-state index in [-0.39, 0.29) is 24.8 Å². The van der Waals surface area contributed by atoms with Gasteiger partial charge in [0.2, 0.25) is 0 Å². The highest BCUT2D eigenvalue weighted by atomic mass is 16.7. The zero-order valence-electron chi connectivity index (χ0n) is 10.3. The molecule has 0 saturated carbocycles. The van der Waals surface area contributed by atoms with Crippen LogP contribution in [-0.2, 0) is 11.3 Å². The topological polar surface area (TPSA) is 96.8 Å². The van der Waals surface area contributed by atoms with Crippen molar-refractivity contribution in [2.24, 2.45) is 5.73 Å². The van der Waals surface area contributed by atoms with E-state index in [0.717, 1.165) is 0 Å². The Kier molecular flexibility index (Phi) is 5.34. The maximum atomic E-state index is 10.9. The summed E-state index contributed by atoms with van der Waals surface area (Å²) >= 11 is 0. The van der Waals surface area contributed by atoms with Crippen molar-refractivity contribution in [2.75, 3.05) is 20.5 Å². The molecule has 7 heteroatoms. The summed E-state index contributed by atoms with van der Waals surface area (Å²) < 4.78 is 15.4. The lowest BCUT2D eigenvalue weighted by Gasteiger charge is -2.12. The van der Waals surface area contributed by atoms with E-state index in [0.29, 0.717) is 17.9 Å². The highest BCUT2D eigenvalue weighted by Crippen LogP contribution is 2.34. The van der Waals surface area contributed by atoms with Crippen LogP contribution in [-0.4, -0.2) is 25.4 Å². The number of nitro benzene ring substituents is 1. The van der Waals surface area contributed by atoms with E-state index in [4.69, 9.17) is 19.9 Å². The van der Waals surface area contributed by atoms with Crippen molar-refractivity contribution in [3.05, 3.63) is 27.8 Å². The van der Waals surface area contributed by atoms with Gasteiger partial charge in [0, 0.05) is 18.7 Å². The molecule has 0 unspecified atom stereocenters. The fourth-order valence-electron chi connectivity index (χ4n) is 1.39. The minimum atomic E-state index is -0.505. The molecule has 0 aliphatic heterocycles. The number of benzene rings is 1. The van der Waals surface area contributed by atoms with Gasteiger partial charge in [0.1, 0.15) is 0 Å². The van der Waals surface area contributed by atoms with Crippen molar-refractivity contribution < 1.29 is 19.1 Å². The molecule has 0 atom stereocenters. The summed E-state index contributed by atoms with van der Waals surface area (Å²) in [5.74, 6) is 0.649. The first-order valence-corrected chi connectivity index (χ1v) is 5.39. The Morgan fingerprint density at radius 3 is 2.61 bits per heavy atom. The number of nitro groups is 1. The molecule has 0 heterocycles. The quantitative estimate of drug-likeness (QED) is 0.343. The van der Waals surface area contributed by atoms with Crippen LogP contribution in [0.1, 0.15) is 12.5 Å². The monoisotopic (exact) mass is 256 g/mol. The molecular weight excluding hydrogens is 240 g/mol. The molecule has 1 aromatic carbocycles. The normalized spacial score (nSPS) is 10.2. The van der Waals surface area contributed by atoms with Gasteiger partial charge in [-0.05, 0) is 13.0 Å². The fraction of sp³-hybridized carbons (Fsp3) is 0.455. The number of hydrogen-bond donors (Lipinski definition) is 1. The van der Waals surface area contributed by atoms with Crippen molar-refractivity contribution in [2.45, 2.75) is 13.5 Å². The highest BCUT2D eigenvalue weighted by molar-refractivity contribution is 5.54. The van der Waals surface area contributed by atoms with Crippen LogP contribution in [0.15, 0.2) is 12.1 Å². The Labute approximate surface area is 105 Å². The average Bonchev–Trinajstić information content (AvgIpc) is 2.38. The van der Waals surface area contributed by atoms with E-state index in [1.807, 2.05) is 6.92 Å².